The van der Waals surface area contributed by atoms with Crippen LogP contribution in [0.25, 0.3) is 5.57 Å². The minimum absolute atomic E-state index is 0.526. The number of hydrogen-bond donors (Lipinski definition) is 1. The van der Waals surface area contributed by atoms with Gasteiger partial charge >= 0.3 is 0 Å². The number of pyridine rings is 1. The van der Waals surface area contributed by atoms with Crippen molar-refractivity contribution in [2.45, 2.75) is 25.3 Å². The van der Waals surface area contributed by atoms with E-state index in [9.17, 15) is 0 Å². The Kier molecular flexibility index (Phi) is 2.85. The summed E-state index contributed by atoms with van der Waals surface area (Å²) in [5, 5.41) is 3.61. The fraction of sp³-hybridized carbons (Fsp3) is 0.500. The van der Waals surface area contributed by atoms with Gasteiger partial charge in [-0.2, -0.15) is 0 Å². The molecule has 2 aliphatic rings. The molecule has 1 aromatic heterocycles. The van der Waals surface area contributed by atoms with E-state index in [0.717, 1.165) is 18.2 Å². The maximum Gasteiger partial charge on any atom is 0.137 e. The van der Waals surface area contributed by atoms with Crippen molar-refractivity contribution in [3.05, 3.63) is 30.1 Å². The first-order chi connectivity index (χ1) is 8.38. The molecular weight excluding hydrogens is 212 g/mol. The minimum Gasteiger partial charge on any atom is -0.495 e. The van der Waals surface area contributed by atoms with Crippen LogP contribution in [0.3, 0.4) is 0 Å². The SMILES string of the molecule is COc1cncc(C2=CCC[C@H]3CCN[C@@H]23)c1. The van der Waals surface area contributed by atoms with Gasteiger partial charge in [-0.25, -0.2) is 0 Å². The summed E-state index contributed by atoms with van der Waals surface area (Å²) in [6.07, 6.45) is 9.87. The second-order valence-corrected chi connectivity index (χ2v) is 4.83. The summed E-state index contributed by atoms with van der Waals surface area (Å²) in [5.74, 6) is 1.64. The number of hydrogen-bond acceptors (Lipinski definition) is 3. The lowest BCUT2D eigenvalue weighted by Crippen LogP contribution is -2.30. The molecule has 3 rings (SSSR count). The van der Waals surface area contributed by atoms with Gasteiger partial charge in [0.2, 0.25) is 0 Å². The van der Waals surface area contributed by atoms with Crippen molar-refractivity contribution in [1.29, 1.82) is 0 Å². The van der Waals surface area contributed by atoms with Gasteiger partial charge in [-0.1, -0.05) is 6.08 Å². The van der Waals surface area contributed by atoms with Crippen molar-refractivity contribution in [3.8, 4) is 5.75 Å². The molecule has 1 saturated heterocycles. The molecule has 0 aromatic carbocycles. The highest BCUT2D eigenvalue weighted by Gasteiger charge is 2.32. The third-order valence-corrected chi connectivity index (χ3v) is 3.87. The van der Waals surface area contributed by atoms with Crippen molar-refractivity contribution >= 4 is 5.57 Å². The number of nitrogens with one attached hydrogen (secondary N) is 1. The van der Waals surface area contributed by atoms with E-state index >= 15 is 0 Å². The number of fused-ring (bicyclic) bond motifs is 1. The fourth-order valence-electron chi connectivity index (χ4n) is 3.00. The normalized spacial score (nSPS) is 27.5. The summed E-state index contributed by atoms with van der Waals surface area (Å²) >= 11 is 0. The third-order valence-electron chi connectivity index (χ3n) is 3.87. The Hall–Kier alpha value is -1.35. The van der Waals surface area contributed by atoms with Crippen LogP contribution < -0.4 is 10.1 Å². The Labute approximate surface area is 102 Å². The first kappa shape index (κ1) is 10.8. The van der Waals surface area contributed by atoms with Crippen LogP contribution in [0.5, 0.6) is 5.75 Å². The van der Waals surface area contributed by atoms with Crippen LogP contribution in [-0.4, -0.2) is 24.7 Å². The Morgan fingerprint density at radius 2 is 2.29 bits per heavy atom. The maximum atomic E-state index is 5.25. The van der Waals surface area contributed by atoms with Gasteiger partial charge in [0.1, 0.15) is 5.75 Å². The van der Waals surface area contributed by atoms with Crippen LogP contribution in [0.15, 0.2) is 24.5 Å². The molecule has 1 aliphatic carbocycles. The molecule has 2 heterocycles. The molecule has 2 atom stereocenters. The molecule has 1 N–H and O–H groups in total. The molecule has 90 valence electrons. The number of allylic oxidation sites excluding steroid dienone is 1. The average Bonchev–Trinajstić information content (AvgIpc) is 2.87. The fourth-order valence-corrected chi connectivity index (χ4v) is 3.00. The van der Waals surface area contributed by atoms with E-state index in [4.69, 9.17) is 4.74 Å². The molecule has 1 fully saturated rings. The van der Waals surface area contributed by atoms with Crippen molar-refractivity contribution in [1.82, 2.24) is 10.3 Å². The molecule has 1 aromatic rings. The van der Waals surface area contributed by atoms with Crippen LogP contribution in [0, 0.1) is 5.92 Å². The van der Waals surface area contributed by atoms with Gasteiger partial charge < -0.3 is 10.1 Å². The quantitative estimate of drug-likeness (QED) is 0.846. The summed E-state index contributed by atoms with van der Waals surface area (Å²) < 4.78 is 5.25. The second kappa shape index (κ2) is 4.49. The number of methoxy groups -OCH3 is 1. The zero-order valence-corrected chi connectivity index (χ0v) is 10.1. The first-order valence-electron chi connectivity index (χ1n) is 6.31. The van der Waals surface area contributed by atoms with Crippen molar-refractivity contribution in [2.24, 2.45) is 5.92 Å². The van der Waals surface area contributed by atoms with E-state index in [-0.39, 0.29) is 0 Å². The molecule has 0 bridgehead atoms. The van der Waals surface area contributed by atoms with E-state index in [1.54, 1.807) is 13.3 Å². The van der Waals surface area contributed by atoms with E-state index in [2.05, 4.69) is 22.4 Å². The lowest BCUT2D eigenvalue weighted by molar-refractivity contribution is 0.412. The van der Waals surface area contributed by atoms with Gasteiger partial charge in [-0.05, 0) is 43.4 Å². The number of aromatic nitrogens is 1. The molecule has 3 nitrogen and oxygen atoms in total. The highest BCUT2D eigenvalue weighted by atomic mass is 16.5. The van der Waals surface area contributed by atoms with Gasteiger partial charge in [-0.3, -0.25) is 4.98 Å². The van der Waals surface area contributed by atoms with Gasteiger partial charge in [0, 0.05) is 17.8 Å². The standard InChI is InChI=1S/C14H18N2O/c1-17-12-7-11(8-15-9-12)13-4-2-3-10-5-6-16-14(10)13/h4,7-10,14,16H,2-3,5-6H2,1H3/t10-,14+/m0/s1. The molecular formula is C14H18N2O. The van der Waals surface area contributed by atoms with Crippen LogP contribution in [-0.2, 0) is 0 Å². The summed E-state index contributed by atoms with van der Waals surface area (Å²) in [7, 11) is 1.69. The zero-order valence-electron chi connectivity index (χ0n) is 10.1. The molecule has 0 spiro atoms. The van der Waals surface area contributed by atoms with Crippen LogP contribution in [0.2, 0.25) is 0 Å². The first-order valence-corrected chi connectivity index (χ1v) is 6.31. The van der Waals surface area contributed by atoms with Gasteiger partial charge in [0.25, 0.3) is 0 Å². The van der Waals surface area contributed by atoms with E-state index < -0.39 is 0 Å². The Morgan fingerprint density at radius 3 is 3.18 bits per heavy atom. The summed E-state index contributed by atoms with van der Waals surface area (Å²) in [4.78, 5) is 4.25. The molecule has 0 amide bonds. The Bertz CT molecular complexity index is 442. The minimum atomic E-state index is 0.526. The van der Waals surface area contributed by atoms with Crippen molar-refractivity contribution in [3.63, 3.8) is 0 Å². The summed E-state index contributed by atoms with van der Waals surface area (Å²) in [5.41, 5.74) is 2.61. The summed E-state index contributed by atoms with van der Waals surface area (Å²) in [6, 6.07) is 2.61. The van der Waals surface area contributed by atoms with Crippen molar-refractivity contribution in [2.75, 3.05) is 13.7 Å². The number of nitrogens with zero attached hydrogens (tertiary/aromatic N) is 1. The van der Waals surface area contributed by atoms with E-state index in [1.807, 2.05) is 6.20 Å². The number of ether oxygens (including phenoxy) is 1. The van der Waals surface area contributed by atoms with Crippen LogP contribution >= 0.6 is 0 Å². The smallest absolute Gasteiger partial charge is 0.137 e. The molecule has 17 heavy (non-hydrogen) atoms. The second-order valence-electron chi connectivity index (χ2n) is 4.83. The Balaban J connectivity index is 1.94. The van der Waals surface area contributed by atoms with Crippen LogP contribution in [0.1, 0.15) is 24.8 Å². The lowest BCUT2D eigenvalue weighted by atomic mass is 9.82. The van der Waals surface area contributed by atoms with Gasteiger partial charge in [-0.15, -0.1) is 0 Å². The highest BCUT2D eigenvalue weighted by Crippen LogP contribution is 2.36. The molecule has 0 radical (unpaired) electrons. The monoisotopic (exact) mass is 230 g/mol. The van der Waals surface area contributed by atoms with E-state index in [1.165, 1.54) is 30.4 Å². The topological polar surface area (TPSA) is 34.1 Å². The summed E-state index contributed by atoms with van der Waals surface area (Å²) in [6.45, 7) is 1.14. The third kappa shape index (κ3) is 1.95. The van der Waals surface area contributed by atoms with Gasteiger partial charge in [0.15, 0.2) is 0 Å². The lowest BCUT2D eigenvalue weighted by Gasteiger charge is -2.27. The predicted molar refractivity (Wildman–Crippen MR) is 67.9 cm³/mol. The van der Waals surface area contributed by atoms with Crippen molar-refractivity contribution < 1.29 is 4.74 Å². The van der Waals surface area contributed by atoms with Gasteiger partial charge in [0.05, 0.1) is 13.3 Å². The zero-order chi connectivity index (χ0) is 11.7. The molecule has 3 heteroatoms. The van der Waals surface area contributed by atoms with Crippen LogP contribution in [0.4, 0.5) is 0 Å². The molecule has 0 saturated carbocycles. The molecule has 1 aliphatic heterocycles. The maximum absolute atomic E-state index is 5.25. The number of rotatable bonds is 2. The largest absolute Gasteiger partial charge is 0.495 e. The Morgan fingerprint density at radius 1 is 1.35 bits per heavy atom. The highest BCUT2D eigenvalue weighted by molar-refractivity contribution is 5.71. The molecule has 0 unspecified atom stereocenters. The average molecular weight is 230 g/mol. The predicted octanol–water partition coefficient (Wildman–Crippen LogP) is 2.25. The van der Waals surface area contributed by atoms with E-state index in [0.29, 0.717) is 6.04 Å².